The molecule has 6 nitrogen and oxygen atoms in total. The Labute approximate surface area is 135 Å². The normalized spacial score (nSPS) is 23.2. The summed E-state index contributed by atoms with van der Waals surface area (Å²) < 4.78 is 27.6. The van der Waals surface area contributed by atoms with E-state index in [1.807, 2.05) is 0 Å². The van der Waals surface area contributed by atoms with Crippen LogP contribution in [0.1, 0.15) is 12.8 Å². The maximum Gasteiger partial charge on any atom is 0.245 e. The average molecular weight is 333 g/mol. The smallest absolute Gasteiger partial charge is 0.245 e. The third-order valence-electron chi connectivity index (χ3n) is 4.89. The predicted octanol–water partition coefficient (Wildman–Crippen LogP) is 1.41. The fourth-order valence-corrected chi connectivity index (χ4v) is 5.06. The zero-order chi connectivity index (χ0) is 16.0. The molecule has 23 heavy (non-hydrogen) atoms. The highest BCUT2D eigenvalue weighted by Gasteiger charge is 2.37. The standard InChI is InChI=1S/C16H19N3O3S/c20-16-14-5-2-1-4-13(14)15(10-17-16)23(21,22)19-9-6-12(11-19)18-7-3-8-18/h1-2,4-5,10,12H,3,6-9,11H2,(H,17,20). The van der Waals surface area contributed by atoms with Crippen LogP contribution in [0.3, 0.4) is 0 Å². The average Bonchev–Trinajstić information content (AvgIpc) is 2.96. The van der Waals surface area contributed by atoms with Gasteiger partial charge in [-0.05, 0) is 32.0 Å². The molecule has 1 aromatic heterocycles. The topological polar surface area (TPSA) is 73.7 Å². The van der Waals surface area contributed by atoms with Crippen LogP contribution in [-0.2, 0) is 10.0 Å². The molecule has 1 unspecified atom stereocenters. The number of rotatable bonds is 3. The summed E-state index contributed by atoms with van der Waals surface area (Å²) in [4.78, 5) is 6.39. The lowest BCUT2D eigenvalue weighted by molar-refractivity contribution is 0.125. The first-order valence-corrected chi connectivity index (χ1v) is 9.32. The van der Waals surface area contributed by atoms with Crippen molar-refractivity contribution in [2.45, 2.75) is 23.8 Å². The molecule has 3 heterocycles. The van der Waals surface area contributed by atoms with Crippen molar-refractivity contribution in [1.82, 2.24) is 14.2 Å². The van der Waals surface area contributed by atoms with Gasteiger partial charge in [0.05, 0.1) is 6.20 Å². The van der Waals surface area contributed by atoms with E-state index in [-0.39, 0.29) is 10.8 Å². The molecule has 1 aromatic carbocycles. The Hall–Kier alpha value is -1.70. The molecule has 0 bridgehead atoms. The number of aromatic nitrogens is 1. The number of hydrogen-bond donors (Lipinski definition) is 1. The fourth-order valence-electron chi connectivity index (χ4n) is 3.43. The molecule has 0 amide bonds. The lowest BCUT2D eigenvalue weighted by Gasteiger charge is -2.36. The Bertz CT molecular complexity index is 849. The second kappa shape index (κ2) is 5.43. The number of fused-ring (bicyclic) bond motifs is 1. The van der Waals surface area contributed by atoms with E-state index in [0.29, 0.717) is 29.9 Å². The van der Waals surface area contributed by atoms with Gasteiger partial charge < -0.3 is 5.11 Å². The number of hydrogen-bond acceptors (Lipinski definition) is 5. The predicted molar refractivity (Wildman–Crippen MR) is 86.8 cm³/mol. The zero-order valence-electron chi connectivity index (χ0n) is 12.7. The van der Waals surface area contributed by atoms with E-state index in [0.717, 1.165) is 19.5 Å². The quantitative estimate of drug-likeness (QED) is 0.919. The Balaban J connectivity index is 1.71. The van der Waals surface area contributed by atoms with Crippen molar-refractivity contribution in [3.63, 3.8) is 0 Å². The number of aromatic hydroxyl groups is 1. The van der Waals surface area contributed by atoms with Crippen LogP contribution in [0.25, 0.3) is 10.8 Å². The third kappa shape index (κ3) is 2.39. The van der Waals surface area contributed by atoms with E-state index in [1.54, 1.807) is 28.6 Å². The molecule has 2 aliphatic rings. The van der Waals surface area contributed by atoms with Crippen LogP contribution in [0.15, 0.2) is 35.4 Å². The molecule has 2 aliphatic heterocycles. The van der Waals surface area contributed by atoms with Crippen molar-refractivity contribution < 1.29 is 13.5 Å². The van der Waals surface area contributed by atoms with Crippen molar-refractivity contribution in [2.24, 2.45) is 0 Å². The molecule has 122 valence electrons. The maximum absolute atomic E-state index is 13.0. The van der Waals surface area contributed by atoms with Crippen molar-refractivity contribution in [1.29, 1.82) is 0 Å². The van der Waals surface area contributed by atoms with Crippen molar-refractivity contribution in [3.05, 3.63) is 30.5 Å². The molecular formula is C16H19N3O3S. The van der Waals surface area contributed by atoms with Crippen LogP contribution in [0.5, 0.6) is 5.88 Å². The van der Waals surface area contributed by atoms with Gasteiger partial charge in [0, 0.05) is 29.9 Å². The molecule has 2 fully saturated rings. The van der Waals surface area contributed by atoms with E-state index in [4.69, 9.17) is 0 Å². The highest BCUT2D eigenvalue weighted by Crippen LogP contribution is 2.32. The third-order valence-corrected chi connectivity index (χ3v) is 6.78. The minimum absolute atomic E-state index is 0.139. The Morgan fingerprint density at radius 3 is 2.57 bits per heavy atom. The van der Waals surface area contributed by atoms with Crippen LogP contribution in [0, 0.1) is 0 Å². The Kier molecular flexibility index (Phi) is 3.51. The Morgan fingerprint density at radius 1 is 1.13 bits per heavy atom. The molecule has 7 heteroatoms. The van der Waals surface area contributed by atoms with Crippen molar-refractivity contribution in [2.75, 3.05) is 26.2 Å². The maximum atomic E-state index is 13.0. The Morgan fingerprint density at radius 2 is 1.87 bits per heavy atom. The molecule has 1 N–H and O–H groups in total. The summed E-state index contributed by atoms with van der Waals surface area (Å²) in [5.74, 6) is -0.139. The molecule has 4 rings (SSSR count). The van der Waals surface area contributed by atoms with Crippen LogP contribution in [-0.4, -0.2) is 59.9 Å². The van der Waals surface area contributed by atoms with E-state index >= 15 is 0 Å². The largest absolute Gasteiger partial charge is 0.493 e. The first kappa shape index (κ1) is 14.9. The summed E-state index contributed by atoms with van der Waals surface area (Å²) in [5, 5.41) is 10.8. The summed E-state index contributed by atoms with van der Waals surface area (Å²) >= 11 is 0. The zero-order valence-corrected chi connectivity index (χ0v) is 13.5. The number of sulfonamides is 1. The summed E-state index contributed by atoms with van der Waals surface area (Å²) in [6.07, 6.45) is 3.35. The second-order valence-electron chi connectivity index (χ2n) is 6.19. The summed E-state index contributed by atoms with van der Waals surface area (Å²) in [6.45, 7) is 3.22. The molecule has 2 saturated heterocycles. The van der Waals surface area contributed by atoms with Crippen LogP contribution in [0.4, 0.5) is 0 Å². The second-order valence-corrected chi connectivity index (χ2v) is 8.09. The monoisotopic (exact) mass is 333 g/mol. The van der Waals surface area contributed by atoms with Gasteiger partial charge in [0.25, 0.3) is 0 Å². The van der Waals surface area contributed by atoms with Gasteiger partial charge in [0.1, 0.15) is 4.90 Å². The van der Waals surface area contributed by atoms with E-state index in [9.17, 15) is 13.5 Å². The number of pyridine rings is 1. The molecule has 0 saturated carbocycles. The fraction of sp³-hybridized carbons (Fsp3) is 0.438. The minimum Gasteiger partial charge on any atom is -0.493 e. The van der Waals surface area contributed by atoms with Gasteiger partial charge in [-0.3, -0.25) is 4.90 Å². The van der Waals surface area contributed by atoms with Gasteiger partial charge in [-0.1, -0.05) is 18.2 Å². The van der Waals surface area contributed by atoms with Crippen molar-refractivity contribution in [3.8, 4) is 5.88 Å². The summed E-state index contributed by atoms with van der Waals surface area (Å²) in [7, 11) is -3.60. The summed E-state index contributed by atoms with van der Waals surface area (Å²) in [5.41, 5.74) is 0. The van der Waals surface area contributed by atoms with Crippen LogP contribution < -0.4 is 0 Å². The van der Waals surface area contributed by atoms with Gasteiger partial charge in [0.2, 0.25) is 15.9 Å². The van der Waals surface area contributed by atoms with Crippen LogP contribution >= 0.6 is 0 Å². The molecule has 0 spiro atoms. The first-order valence-electron chi connectivity index (χ1n) is 7.88. The highest BCUT2D eigenvalue weighted by atomic mass is 32.2. The molecule has 2 aromatic rings. The highest BCUT2D eigenvalue weighted by molar-refractivity contribution is 7.89. The summed E-state index contributed by atoms with van der Waals surface area (Å²) in [6, 6.07) is 7.26. The lowest BCUT2D eigenvalue weighted by atomic mass is 10.1. The van der Waals surface area contributed by atoms with Gasteiger partial charge in [-0.2, -0.15) is 4.31 Å². The van der Waals surface area contributed by atoms with Crippen molar-refractivity contribution >= 4 is 20.8 Å². The first-order chi connectivity index (χ1) is 11.1. The minimum atomic E-state index is -3.60. The van der Waals surface area contributed by atoms with E-state index < -0.39 is 10.0 Å². The molecular weight excluding hydrogens is 314 g/mol. The van der Waals surface area contributed by atoms with Gasteiger partial charge >= 0.3 is 0 Å². The number of benzene rings is 1. The van der Waals surface area contributed by atoms with Crippen LogP contribution in [0.2, 0.25) is 0 Å². The van der Waals surface area contributed by atoms with E-state index in [2.05, 4.69) is 9.88 Å². The van der Waals surface area contributed by atoms with E-state index in [1.165, 1.54) is 12.6 Å². The molecule has 0 radical (unpaired) electrons. The van der Waals surface area contributed by atoms with Gasteiger partial charge in [-0.15, -0.1) is 0 Å². The molecule has 0 aliphatic carbocycles. The SMILES string of the molecule is O=S(=O)(c1cnc(O)c2ccccc12)N1CCC(N2CCC2)C1. The number of likely N-dealkylation sites (tertiary alicyclic amines) is 1. The molecule has 1 atom stereocenters. The van der Waals surface area contributed by atoms with Gasteiger partial charge in [-0.25, -0.2) is 13.4 Å². The van der Waals surface area contributed by atoms with Gasteiger partial charge in [0.15, 0.2) is 0 Å². The lowest BCUT2D eigenvalue weighted by Crippen LogP contribution is -2.46. The number of nitrogens with zero attached hydrogens (tertiary/aromatic N) is 3.